The maximum atomic E-state index is 15.4. The summed E-state index contributed by atoms with van der Waals surface area (Å²) in [5, 5.41) is 22.4. The van der Waals surface area contributed by atoms with Crippen molar-refractivity contribution in [3.63, 3.8) is 0 Å². The molecule has 3 aromatic rings. The summed E-state index contributed by atoms with van der Waals surface area (Å²) in [5.41, 5.74) is 1.86. The van der Waals surface area contributed by atoms with Crippen LogP contribution < -0.4 is 5.32 Å². The van der Waals surface area contributed by atoms with Gasteiger partial charge in [0.15, 0.2) is 5.82 Å². The van der Waals surface area contributed by atoms with E-state index in [1.807, 2.05) is 13.0 Å². The molecule has 2 bridgehead atoms. The van der Waals surface area contributed by atoms with Crippen molar-refractivity contribution in [2.24, 2.45) is 5.92 Å². The minimum atomic E-state index is -1.03. The number of fused-ring (bicyclic) bond motifs is 2. The van der Waals surface area contributed by atoms with Gasteiger partial charge in [-0.15, -0.1) is 10.2 Å². The first kappa shape index (κ1) is 19.8. The predicted octanol–water partition coefficient (Wildman–Crippen LogP) is 3.70. The smallest absolute Gasteiger partial charge is 0.185 e. The zero-order valence-electron chi connectivity index (χ0n) is 17.4. The standard InChI is InChI=1S/C23H25FN6O/c1-14(18-10-15-4-3-7-23(2,27-15)21(18)24)19-12-26-22(29-28-19)17-6-5-16(11-20(17)31)30-9-8-25-13-30/h5-6,8-9,11-13,15,18,21,27,31H,1,3-4,7,10H2,2H3/t15?,18?,21-,23-/m0/s1. The van der Waals surface area contributed by atoms with Crippen LogP contribution in [-0.4, -0.2) is 47.6 Å². The molecule has 0 radical (unpaired) electrons. The molecule has 0 aliphatic carbocycles. The van der Waals surface area contributed by atoms with Gasteiger partial charge in [0.1, 0.15) is 17.6 Å². The van der Waals surface area contributed by atoms with E-state index in [1.54, 1.807) is 41.6 Å². The molecule has 0 saturated carbocycles. The molecule has 2 aliphatic heterocycles. The SMILES string of the molecule is C=C(c1cnc(-c2ccc(-n3ccnc3)cc2O)nn1)C1CC2CCC[C@](C)(N2)[C@H]1F. The van der Waals surface area contributed by atoms with Crippen LogP contribution in [0.25, 0.3) is 22.6 Å². The van der Waals surface area contributed by atoms with Crippen LogP contribution in [0.1, 0.15) is 38.3 Å². The lowest BCUT2D eigenvalue weighted by molar-refractivity contribution is 0.0324. The zero-order valence-corrected chi connectivity index (χ0v) is 17.4. The van der Waals surface area contributed by atoms with Crippen molar-refractivity contribution in [3.8, 4) is 22.8 Å². The molecule has 1 aromatic carbocycles. The number of halogens is 1. The van der Waals surface area contributed by atoms with Crippen LogP contribution in [0.4, 0.5) is 4.39 Å². The summed E-state index contributed by atoms with van der Waals surface area (Å²) < 4.78 is 17.2. The molecule has 4 heterocycles. The minimum absolute atomic E-state index is 0.0440. The van der Waals surface area contributed by atoms with E-state index in [1.165, 1.54) is 0 Å². The van der Waals surface area contributed by atoms with Gasteiger partial charge in [-0.05, 0) is 50.3 Å². The van der Waals surface area contributed by atoms with Gasteiger partial charge in [0, 0.05) is 36.0 Å². The number of allylic oxidation sites excluding steroid dienone is 1. The maximum Gasteiger partial charge on any atom is 0.185 e. The van der Waals surface area contributed by atoms with Crippen molar-refractivity contribution in [2.45, 2.75) is 50.4 Å². The Morgan fingerprint density at radius 1 is 1.35 bits per heavy atom. The zero-order chi connectivity index (χ0) is 21.6. The van der Waals surface area contributed by atoms with Crippen LogP contribution in [0, 0.1) is 5.92 Å². The summed E-state index contributed by atoms with van der Waals surface area (Å²) in [6, 6.07) is 5.51. The monoisotopic (exact) mass is 420 g/mol. The van der Waals surface area contributed by atoms with E-state index in [-0.39, 0.29) is 11.7 Å². The molecular weight excluding hydrogens is 395 g/mol. The van der Waals surface area contributed by atoms with Crippen molar-refractivity contribution in [3.05, 3.63) is 55.4 Å². The van der Waals surface area contributed by atoms with E-state index >= 15 is 4.39 Å². The summed E-state index contributed by atoms with van der Waals surface area (Å²) in [6.45, 7) is 6.11. The van der Waals surface area contributed by atoms with Gasteiger partial charge in [0.2, 0.25) is 0 Å². The molecule has 7 nitrogen and oxygen atoms in total. The third-order valence-corrected chi connectivity index (χ3v) is 6.65. The van der Waals surface area contributed by atoms with Gasteiger partial charge in [0.05, 0.1) is 23.8 Å². The molecule has 2 unspecified atom stereocenters. The fourth-order valence-electron chi connectivity index (χ4n) is 4.93. The largest absolute Gasteiger partial charge is 0.507 e. The number of nitrogens with zero attached hydrogens (tertiary/aromatic N) is 5. The highest BCUT2D eigenvalue weighted by Crippen LogP contribution is 2.43. The van der Waals surface area contributed by atoms with Gasteiger partial charge in [-0.2, -0.15) is 0 Å². The minimum Gasteiger partial charge on any atom is -0.507 e. The van der Waals surface area contributed by atoms with Gasteiger partial charge in [-0.3, -0.25) is 0 Å². The summed E-state index contributed by atoms with van der Waals surface area (Å²) in [4.78, 5) is 8.39. The molecule has 0 spiro atoms. The van der Waals surface area contributed by atoms with Gasteiger partial charge in [0.25, 0.3) is 0 Å². The highest BCUT2D eigenvalue weighted by atomic mass is 19.1. The number of phenolic OH excluding ortho intramolecular Hbond substituents is 1. The number of rotatable bonds is 4. The average molecular weight is 420 g/mol. The normalized spacial score (nSPS) is 27.7. The van der Waals surface area contributed by atoms with Crippen LogP contribution >= 0.6 is 0 Å². The Bertz CT molecular complexity index is 1100. The second-order valence-electron chi connectivity index (χ2n) is 8.76. The molecule has 2 N–H and O–H groups in total. The molecule has 5 rings (SSSR count). The lowest BCUT2D eigenvalue weighted by atomic mass is 9.69. The van der Waals surface area contributed by atoms with Gasteiger partial charge in [-0.25, -0.2) is 14.4 Å². The first-order chi connectivity index (χ1) is 14.9. The Kier molecular flexibility index (Phi) is 4.81. The van der Waals surface area contributed by atoms with Crippen molar-refractivity contribution < 1.29 is 9.50 Å². The molecule has 2 fully saturated rings. The topological polar surface area (TPSA) is 88.8 Å². The van der Waals surface area contributed by atoms with Gasteiger partial charge in [-0.1, -0.05) is 6.58 Å². The number of phenols is 1. The number of hydrogen-bond donors (Lipinski definition) is 2. The highest BCUT2D eigenvalue weighted by molar-refractivity contribution is 5.67. The number of nitrogens with one attached hydrogen (secondary N) is 1. The third kappa shape index (κ3) is 3.50. The van der Waals surface area contributed by atoms with E-state index in [0.717, 1.165) is 24.9 Å². The first-order valence-electron chi connectivity index (χ1n) is 10.6. The number of aromatic hydroxyl groups is 1. The molecule has 2 aliphatic rings. The maximum absolute atomic E-state index is 15.4. The number of imidazole rings is 1. The second kappa shape index (κ2) is 7.53. The van der Waals surface area contributed by atoms with Crippen LogP contribution in [0.3, 0.4) is 0 Å². The summed E-state index contributed by atoms with van der Waals surface area (Å²) in [7, 11) is 0. The Labute approximate surface area is 180 Å². The summed E-state index contributed by atoms with van der Waals surface area (Å²) in [5.74, 6) is 0.0426. The molecule has 2 aromatic heterocycles. The molecular formula is C23H25FN6O. The van der Waals surface area contributed by atoms with Crippen LogP contribution in [0.15, 0.2) is 49.7 Å². The second-order valence-corrected chi connectivity index (χ2v) is 8.76. The Morgan fingerprint density at radius 2 is 2.23 bits per heavy atom. The number of hydrogen-bond acceptors (Lipinski definition) is 6. The average Bonchev–Trinajstić information content (AvgIpc) is 3.31. The lowest BCUT2D eigenvalue weighted by Crippen LogP contribution is -2.63. The Hall–Kier alpha value is -3.13. The number of piperidine rings is 2. The summed E-state index contributed by atoms with van der Waals surface area (Å²) >= 11 is 0. The fourth-order valence-corrected chi connectivity index (χ4v) is 4.93. The summed E-state index contributed by atoms with van der Waals surface area (Å²) in [6.07, 6.45) is 9.29. The molecule has 4 atom stereocenters. The Balaban J connectivity index is 1.37. The first-order valence-corrected chi connectivity index (χ1v) is 10.6. The van der Waals surface area contributed by atoms with Gasteiger partial charge >= 0.3 is 0 Å². The van der Waals surface area contributed by atoms with Crippen molar-refractivity contribution in [1.29, 1.82) is 0 Å². The van der Waals surface area contributed by atoms with E-state index < -0.39 is 11.7 Å². The molecule has 160 valence electrons. The van der Waals surface area contributed by atoms with Crippen LogP contribution in [-0.2, 0) is 0 Å². The van der Waals surface area contributed by atoms with Crippen LogP contribution in [0.5, 0.6) is 5.75 Å². The quantitative estimate of drug-likeness (QED) is 0.669. The molecule has 8 heteroatoms. The molecule has 0 amide bonds. The van der Waals surface area contributed by atoms with Crippen LogP contribution in [0.2, 0.25) is 0 Å². The van der Waals surface area contributed by atoms with E-state index in [0.29, 0.717) is 35.1 Å². The fraction of sp³-hybridized carbons (Fsp3) is 0.391. The number of aromatic nitrogens is 5. The van der Waals surface area contributed by atoms with E-state index in [2.05, 4.69) is 32.1 Å². The molecule has 31 heavy (non-hydrogen) atoms. The van der Waals surface area contributed by atoms with E-state index in [9.17, 15) is 5.11 Å². The number of alkyl halides is 1. The number of benzene rings is 1. The Morgan fingerprint density at radius 3 is 2.94 bits per heavy atom. The lowest BCUT2D eigenvalue weighted by Gasteiger charge is -2.50. The van der Waals surface area contributed by atoms with Gasteiger partial charge < -0.3 is 15.0 Å². The highest BCUT2D eigenvalue weighted by Gasteiger charge is 2.48. The van der Waals surface area contributed by atoms with Crippen molar-refractivity contribution >= 4 is 5.57 Å². The van der Waals surface area contributed by atoms with Crippen molar-refractivity contribution in [1.82, 2.24) is 30.0 Å². The molecule has 2 saturated heterocycles. The van der Waals surface area contributed by atoms with E-state index in [4.69, 9.17) is 0 Å². The predicted molar refractivity (Wildman–Crippen MR) is 115 cm³/mol. The van der Waals surface area contributed by atoms with Crippen molar-refractivity contribution in [2.75, 3.05) is 0 Å². The third-order valence-electron chi connectivity index (χ3n) is 6.65.